The third-order valence-corrected chi connectivity index (χ3v) is 5.20. The molecule has 0 atom stereocenters. The molecule has 0 aliphatic carbocycles. The summed E-state index contributed by atoms with van der Waals surface area (Å²) in [7, 11) is -3.08. The summed E-state index contributed by atoms with van der Waals surface area (Å²) in [5, 5.41) is 2.90. The fraction of sp³-hybridized carbons (Fsp3) is 0.368. The fourth-order valence-electron chi connectivity index (χ4n) is 3.03. The Morgan fingerprint density at radius 3 is 2.46 bits per heavy atom. The van der Waals surface area contributed by atoms with E-state index in [0.29, 0.717) is 17.7 Å². The second kappa shape index (κ2) is 7.86. The number of hydrogen-bond acceptors (Lipinski definition) is 5. The lowest BCUT2D eigenvalue weighted by atomic mass is 10.1. The lowest BCUT2D eigenvalue weighted by Crippen LogP contribution is -2.23. The number of hydrogen-bond donors (Lipinski definition) is 1. The van der Waals surface area contributed by atoms with Crippen LogP contribution in [0, 0.1) is 0 Å². The second-order valence-corrected chi connectivity index (χ2v) is 8.81. The first-order valence-electron chi connectivity index (χ1n) is 8.65. The van der Waals surface area contributed by atoms with Crippen LogP contribution in [-0.4, -0.2) is 38.7 Å². The van der Waals surface area contributed by atoms with E-state index >= 15 is 0 Å². The minimum atomic E-state index is -3.08. The smallest absolute Gasteiger partial charge is 0.251 e. The van der Waals surface area contributed by atoms with Crippen LogP contribution in [-0.2, 0) is 22.1 Å². The molecule has 2 heterocycles. The third kappa shape index (κ3) is 5.05. The molecule has 1 fully saturated rings. The summed E-state index contributed by atoms with van der Waals surface area (Å²) in [5.41, 5.74) is 2.19. The van der Waals surface area contributed by atoms with E-state index in [4.69, 9.17) is 0 Å². The molecule has 0 unspecified atom stereocenters. The van der Waals surface area contributed by atoms with E-state index in [1.807, 2.05) is 12.1 Å². The number of sulfone groups is 1. The van der Waals surface area contributed by atoms with Crippen molar-refractivity contribution in [3.8, 4) is 0 Å². The van der Waals surface area contributed by atoms with E-state index in [9.17, 15) is 13.2 Å². The second-order valence-electron chi connectivity index (χ2n) is 6.67. The van der Waals surface area contributed by atoms with Gasteiger partial charge in [0.1, 0.15) is 5.82 Å². The van der Waals surface area contributed by atoms with Gasteiger partial charge in [-0.25, -0.2) is 13.4 Å². The van der Waals surface area contributed by atoms with Crippen molar-refractivity contribution < 1.29 is 13.2 Å². The monoisotopic (exact) mass is 373 g/mol. The number of carbonyl (C=O) groups excluding carboxylic acids is 1. The van der Waals surface area contributed by atoms with Crippen molar-refractivity contribution in [3.05, 3.63) is 59.3 Å². The molecular formula is C19H23N3O3S. The average Bonchev–Trinajstić information content (AvgIpc) is 3.14. The first-order chi connectivity index (χ1) is 12.4. The predicted molar refractivity (Wildman–Crippen MR) is 102 cm³/mol. The molecule has 0 radical (unpaired) electrons. The Hall–Kier alpha value is -2.41. The predicted octanol–water partition coefficient (Wildman–Crippen LogP) is 2.16. The highest BCUT2D eigenvalue weighted by Gasteiger charge is 2.14. The van der Waals surface area contributed by atoms with E-state index in [1.165, 1.54) is 19.1 Å². The molecule has 2 aromatic rings. The molecule has 0 saturated carbocycles. The molecule has 3 rings (SSSR count). The Labute approximate surface area is 154 Å². The van der Waals surface area contributed by atoms with Crippen molar-refractivity contribution >= 4 is 21.6 Å². The molecular weight excluding hydrogens is 350 g/mol. The minimum Gasteiger partial charge on any atom is -0.357 e. The zero-order valence-electron chi connectivity index (χ0n) is 14.8. The molecule has 138 valence electrons. The number of amides is 1. The Bertz CT molecular complexity index is 873. The van der Waals surface area contributed by atoms with E-state index in [1.54, 1.807) is 30.5 Å². The molecule has 1 aliphatic heterocycles. The van der Waals surface area contributed by atoms with Crippen LogP contribution in [0.1, 0.15) is 34.3 Å². The number of carbonyl (C=O) groups is 1. The van der Waals surface area contributed by atoms with Gasteiger partial charge in [-0.15, -0.1) is 0 Å². The Morgan fingerprint density at radius 2 is 1.81 bits per heavy atom. The van der Waals surface area contributed by atoms with Crippen LogP contribution >= 0.6 is 0 Å². The van der Waals surface area contributed by atoms with E-state index in [-0.39, 0.29) is 11.7 Å². The summed E-state index contributed by atoms with van der Waals surface area (Å²) >= 11 is 0. The number of nitrogens with one attached hydrogen (secondary N) is 1. The van der Waals surface area contributed by atoms with Crippen LogP contribution in [0.5, 0.6) is 0 Å². The summed E-state index contributed by atoms with van der Waals surface area (Å²) < 4.78 is 22.6. The van der Waals surface area contributed by atoms with Gasteiger partial charge in [-0.2, -0.15) is 0 Å². The maximum atomic E-state index is 12.3. The topological polar surface area (TPSA) is 79.4 Å². The zero-order valence-corrected chi connectivity index (χ0v) is 15.6. The highest BCUT2D eigenvalue weighted by molar-refractivity contribution is 7.89. The summed E-state index contributed by atoms with van der Waals surface area (Å²) in [6.07, 6.45) is 5.35. The van der Waals surface area contributed by atoms with Crippen molar-refractivity contribution in [3.63, 3.8) is 0 Å². The fourth-order valence-corrected chi connectivity index (χ4v) is 3.83. The van der Waals surface area contributed by atoms with Crippen LogP contribution in [0.25, 0.3) is 0 Å². The van der Waals surface area contributed by atoms with Crippen molar-refractivity contribution in [2.24, 2.45) is 0 Å². The molecule has 1 N–H and O–H groups in total. The molecule has 0 spiro atoms. The van der Waals surface area contributed by atoms with Crippen LogP contribution in [0.15, 0.2) is 42.6 Å². The molecule has 6 nitrogen and oxygen atoms in total. The lowest BCUT2D eigenvalue weighted by molar-refractivity contribution is 0.0951. The maximum absolute atomic E-state index is 12.3. The van der Waals surface area contributed by atoms with Crippen molar-refractivity contribution in [2.45, 2.75) is 25.1 Å². The van der Waals surface area contributed by atoms with E-state index in [2.05, 4.69) is 15.2 Å². The number of anilines is 1. The number of nitrogens with zero attached hydrogens (tertiary/aromatic N) is 2. The SMILES string of the molecule is CS(=O)(=O)Cc1ccc(C(=O)NCc2ccnc(N3CCCC3)c2)cc1. The number of rotatable bonds is 6. The largest absolute Gasteiger partial charge is 0.357 e. The van der Waals surface area contributed by atoms with Gasteiger partial charge in [0.15, 0.2) is 9.84 Å². The van der Waals surface area contributed by atoms with Gasteiger partial charge in [0, 0.05) is 37.7 Å². The normalized spacial score (nSPS) is 14.4. The average molecular weight is 373 g/mol. The molecule has 7 heteroatoms. The Morgan fingerprint density at radius 1 is 1.12 bits per heavy atom. The van der Waals surface area contributed by atoms with Gasteiger partial charge in [-0.05, 0) is 48.2 Å². The molecule has 1 aromatic carbocycles. The van der Waals surface area contributed by atoms with E-state index < -0.39 is 9.84 Å². The minimum absolute atomic E-state index is 0.0226. The van der Waals surface area contributed by atoms with Gasteiger partial charge in [-0.3, -0.25) is 4.79 Å². The first-order valence-corrected chi connectivity index (χ1v) is 10.7. The Kier molecular flexibility index (Phi) is 5.56. The summed E-state index contributed by atoms with van der Waals surface area (Å²) in [5.74, 6) is 0.750. The number of aromatic nitrogens is 1. The number of benzene rings is 1. The van der Waals surface area contributed by atoms with Gasteiger partial charge in [0.2, 0.25) is 0 Å². The summed E-state index contributed by atoms with van der Waals surface area (Å²) in [4.78, 5) is 19.0. The third-order valence-electron chi connectivity index (χ3n) is 4.34. The quantitative estimate of drug-likeness (QED) is 0.839. The van der Waals surface area contributed by atoms with E-state index in [0.717, 1.165) is 24.5 Å². The summed E-state index contributed by atoms with van der Waals surface area (Å²) in [6.45, 7) is 2.48. The molecule has 26 heavy (non-hydrogen) atoms. The van der Waals surface area contributed by atoms with Gasteiger partial charge in [0.05, 0.1) is 5.75 Å². The highest BCUT2D eigenvalue weighted by atomic mass is 32.2. The molecule has 1 saturated heterocycles. The Balaban J connectivity index is 1.59. The van der Waals surface area contributed by atoms with Crippen LogP contribution in [0.4, 0.5) is 5.82 Å². The van der Waals surface area contributed by atoms with Gasteiger partial charge in [-0.1, -0.05) is 12.1 Å². The van der Waals surface area contributed by atoms with Crippen LogP contribution < -0.4 is 10.2 Å². The highest BCUT2D eigenvalue weighted by Crippen LogP contribution is 2.18. The maximum Gasteiger partial charge on any atom is 0.251 e. The zero-order chi connectivity index (χ0) is 18.6. The standard InChI is InChI=1S/C19H23N3O3S/c1-26(24,25)14-15-4-6-17(7-5-15)19(23)21-13-16-8-9-20-18(12-16)22-10-2-3-11-22/h4-9,12H,2-3,10-11,13-14H2,1H3,(H,21,23). The lowest BCUT2D eigenvalue weighted by Gasteiger charge is -2.17. The molecule has 1 aliphatic rings. The number of pyridine rings is 1. The van der Waals surface area contributed by atoms with Gasteiger partial charge < -0.3 is 10.2 Å². The molecule has 0 bridgehead atoms. The van der Waals surface area contributed by atoms with Crippen LogP contribution in [0.3, 0.4) is 0 Å². The van der Waals surface area contributed by atoms with Crippen molar-refractivity contribution in [1.29, 1.82) is 0 Å². The van der Waals surface area contributed by atoms with Gasteiger partial charge in [0.25, 0.3) is 5.91 Å². The van der Waals surface area contributed by atoms with Crippen LogP contribution in [0.2, 0.25) is 0 Å². The van der Waals surface area contributed by atoms with Gasteiger partial charge >= 0.3 is 0 Å². The van der Waals surface area contributed by atoms with Crippen molar-refractivity contribution in [2.75, 3.05) is 24.2 Å². The molecule has 1 aromatic heterocycles. The molecule has 1 amide bonds. The first kappa shape index (κ1) is 18.4. The summed E-state index contributed by atoms with van der Waals surface area (Å²) in [6, 6.07) is 10.6. The van der Waals surface area contributed by atoms with Crippen molar-refractivity contribution in [1.82, 2.24) is 10.3 Å².